The van der Waals surface area contributed by atoms with E-state index in [-0.39, 0.29) is 12.1 Å². The molecule has 0 aliphatic heterocycles. The van der Waals surface area contributed by atoms with E-state index in [0.717, 1.165) is 35.7 Å². The Bertz CT molecular complexity index is 777. The number of sulfonamides is 1. The zero-order valence-corrected chi connectivity index (χ0v) is 13.6. The van der Waals surface area contributed by atoms with Crippen LogP contribution in [0.2, 0.25) is 0 Å². The van der Waals surface area contributed by atoms with Gasteiger partial charge in [0.1, 0.15) is 11.6 Å². The zero-order chi connectivity index (χ0) is 17.0. The van der Waals surface area contributed by atoms with Crippen molar-refractivity contribution in [3.05, 3.63) is 65.2 Å². The number of hydrogen-bond acceptors (Lipinski definition) is 3. The highest BCUT2D eigenvalue weighted by Crippen LogP contribution is 2.22. The molecule has 0 aliphatic rings. The number of halogens is 2. The summed E-state index contributed by atoms with van der Waals surface area (Å²) in [5.41, 5.74) is 1.77. The van der Waals surface area contributed by atoms with Gasteiger partial charge < -0.3 is 5.32 Å². The van der Waals surface area contributed by atoms with Gasteiger partial charge in [-0.1, -0.05) is 12.1 Å². The molecule has 0 saturated heterocycles. The number of anilines is 1. The molecule has 7 heteroatoms. The molecule has 1 unspecified atom stereocenters. The molecule has 2 aromatic carbocycles. The largest absolute Gasteiger partial charge is 0.378 e. The summed E-state index contributed by atoms with van der Waals surface area (Å²) in [4.78, 5) is 0. The molecule has 0 aliphatic carbocycles. The highest BCUT2D eigenvalue weighted by molar-refractivity contribution is 7.88. The highest BCUT2D eigenvalue weighted by atomic mass is 32.2. The van der Waals surface area contributed by atoms with E-state index >= 15 is 0 Å². The minimum atomic E-state index is -3.24. The zero-order valence-electron chi connectivity index (χ0n) is 12.8. The third-order valence-electron chi connectivity index (χ3n) is 3.30. The van der Waals surface area contributed by atoms with Crippen LogP contribution in [0.5, 0.6) is 0 Å². The SMILES string of the molecule is CC(Nc1ccc(CNS(C)(=O)=O)cc1)c1cc(F)ccc1F. The van der Waals surface area contributed by atoms with Gasteiger partial charge in [-0.05, 0) is 42.8 Å². The minimum Gasteiger partial charge on any atom is -0.378 e. The van der Waals surface area contributed by atoms with E-state index in [0.29, 0.717) is 0 Å². The summed E-state index contributed by atoms with van der Waals surface area (Å²) < 4.78 is 51.4. The molecule has 0 heterocycles. The molecule has 2 aromatic rings. The second-order valence-electron chi connectivity index (χ2n) is 5.32. The van der Waals surface area contributed by atoms with Crippen molar-refractivity contribution in [1.29, 1.82) is 0 Å². The summed E-state index contributed by atoms with van der Waals surface area (Å²) in [6, 6.07) is 9.96. The lowest BCUT2D eigenvalue weighted by atomic mass is 10.1. The quantitative estimate of drug-likeness (QED) is 0.849. The Balaban J connectivity index is 2.04. The topological polar surface area (TPSA) is 58.2 Å². The van der Waals surface area contributed by atoms with Crippen molar-refractivity contribution in [3.8, 4) is 0 Å². The molecular weight excluding hydrogens is 322 g/mol. The standard InChI is InChI=1S/C16H18F2N2O2S/c1-11(15-9-13(17)5-8-16(15)18)20-14-6-3-12(4-7-14)10-19-23(2,21)22/h3-9,11,19-20H,10H2,1-2H3. The summed E-state index contributed by atoms with van der Waals surface area (Å²) in [7, 11) is -3.24. The summed E-state index contributed by atoms with van der Waals surface area (Å²) in [5.74, 6) is -0.961. The lowest BCUT2D eigenvalue weighted by molar-refractivity contribution is 0.577. The summed E-state index contributed by atoms with van der Waals surface area (Å²) >= 11 is 0. The first-order chi connectivity index (χ1) is 10.7. The number of rotatable bonds is 6. The van der Waals surface area contributed by atoms with Crippen LogP contribution in [0.3, 0.4) is 0 Å². The van der Waals surface area contributed by atoms with E-state index in [9.17, 15) is 17.2 Å². The van der Waals surface area contributed by atoms with Crippen LogP contribution in [0.4, 0.5) is 14.5 Å². The average molecular weight is 340 g/mol. The van der Waals surface area contributed by atoms with Gasteiger partial charge in [0.2, 0.25) is 10.0 Å². The predicted octanol–water partition coefficient (Wildman–Crippen LogP) is 3.19. The smallest absolute Gasteiger partial charge is 0.209 e. The van der Waals surface area contributed by atoms with Gasteiger partial charge in [-0.15, -0.1) is 0 Å². The van der Waals surface area contributed by atoms with E-state index in [4.69, 9.17) is 0 Å². The van der Waals surface area contributed by atoms with Gasteiger partial charge in [-0.2, -0.15) is 0 Å². The first kappa shape index (κ1) is 17.4. The predicted molar refractivity (Wildman–Crippen MR) is 86.5 cm³/mol. The molecule has 2 N–H and O–H groups in total. The van der Waals surface area contributed by atoms with Crippen molar-refractivity contribution in [1.82, 2.24) is 4.72 Å². The van der Waals surface area contributed by atoms with Crippen molar-refractivity contribution in [3.63, 3.8) is 0 Å². The van der Waals surface area contributed by atoms with Gasteiger partial charge in [0.25, 0.3) is 0 Å². The van der Waals surface area contributed by atoms with E-state index in [1.807, 2.05) is 0 Å². The fraction of sp³-hybridized carbons (Fsp3) is 0.250. The molecular formula is C16H18F2N2O2S. The molecule has 0 saturated carbocycles. The van der Waals surface area contributed by atoms with Gasteiger partial charge >= 0.3 is 0 Å². The van der Waals surface area contributed by atoms with Crippen LogP contribution in [-0.2, 0) is 16.6 Å². The summed E-state index contributed by atoms with van der Waals surface area (Å²) in [6.45, 7) is 1.93. The maximum absolute atomic E-state index is 13.7. The number of nitrogens with one attached hydrogen (secondary N) is 2. The van der Waals surface area contributed by atoms with Crippen LogP contribution in [0.1, 0.15) is 24.1 Å². The molecule has 0 aromatic heterocycles. The van der Waals surface area contributed by atoms with E-state index in [1.165, 1.54) is 0 Å². The molecule has 0 radical (unpaired) electrons. The summed E-state index contributed by atoms with van der Waals surface area (Å²) in [5, 5.41) is 3.08. The third-order valence-corrected chi connectivity index (χ3v) is 3.97. The van der Waals surface area contributed by atoms with Gasteiger partial charge in [0, 0.05) is 17.8 Å². The van der Waals surface area contributed by atoms with Gasteiger partial charge in [-0.25, -0.2) is 21.9 Å². The number of hydrogen-bond donors (Lipinski definition) is 2. The fourth-order valence-corrected chi connectivity index (χ4v) is 2.54. The first-order valence-corrected chi connectivity index (χ1v) is 8.89. The fourth-order valence-electron chi connectivity index (χ4n) is 2.11. The lowest BCUT2D eigenvalue weighted by Crippen LogP contribution is -2.21. The van der Waals surface area contributed by atoms with Crippen LogP contribution in [0.15, 0.2) is 42.5 Å². The van der Waals surface area contributed by atoms with Crippen molar-refractivity contribution < 1.29 is 17.2 Å². The second-order valence-corrected chi connectivity index (χ2v) is 7.16. The molecule has 1 atom stereocenters. The molecule has 4 nitrogen and oxygen atoms in total. The molecule has 0 bridgehead atoms. The van der Waals surface area contributed by atoms with Crippen LogP contribution in [0.25, 0.3) is 0 Å². The molecule has 0 spiro atoms. The molecule has 124 valence electrons. The normalized spacial score (nSPS) is 12.9. The molecule has 23 heavy (non-hydrogen) atoms. The Kier molecular flexibility index (Phi) is 5.33. The van der Waals surface area contributed by atoms with E-state index < -0.39 is 27.7 Å². The second kappa shape index (κ2) is 7.06. The van der Waals surface area contributed by atoms with Crippen LogP contribution in [-0.4, -0.2) is 14.7 Å². The molecule has 0 amide bonds. The van der Waals surface area contributed by atoms with Gasteiger partial charge in [0.05, 0.1) is 12.3 Å². The maximum Gasteiger partial charge on any atom is 0.209 e. The molecule has 2 rings (SSSR count). The minimum absolute atomic E-state index is 0.202. The van der Waals surface area contributed by atoms with Gasteiger partial charge in [-0.3, -0.25) is 0 Å². The first-order valence-electron chi connectivity index (χ1n) is 6.99. The van der Waals surface area contributed by atoms with Gasteiger partial charge in [0.15, 0.2) is 0 Å². The average Bonchev–Trinajstić information content (AvgIpc) is 2.48. The Morgan fingerprint density at radius 1 is 1.09 bits per heavy atom. The monoisotopic (exact) mass is 340 g/mol. The Morgan fingerprint density at radius 3 is 2.35 bits per heavy atom. The van der Waals surface area contributed by atoms with E-state index in [1.54, 1.807) is 31.2 Å². The molecule has 0 fully saturated rings. The highest BCUT2D eigenvalue weighted by Gasteiger charge is 2.12. The van der Waals surface area contributed by atoms with Crippen LogP contribution < -0.4 is 10.0 Å². The maximum atomic E-state index is 13.7. The lowest BCUT2D eigenvalue weighted by Gasteiger charge is -2.17. The van der Waals surface area contributed by atoms with Crippen LogP contribution in [0, 0.1) is 11.6 Å². The van der Waals surface area contributed by atoms with Crippen molar-refractivity contribution >= 4 is 15.7 Å². The van der Waals surface area contributed by atoms with E-state index in [2.05, 4.69) is 10.0 Å². The number of benzene rings is 2. The third kappa shape index (κ3) is 5.30. The van der Waals surface area contributed by atoms with Crippen molar-refractivity contribution in [2.75, 3.05) is 11.6 Å². The van der Waals surface area contributed by atoms with Crippen LogP contribution >= 0.6 is 0 Å². The van der Waals surface area contributed by atoms with Crippen molar-refractivity contribution in [2.24, 2.45) is 0 Å². The Hall–Kier alpha value is -1.99. The Labute approximate surface area is 134 Å². The summed E-state index contributed by atoms with van der Waals surface area (Å²) in [6.07, 6.45) is 1.10. The van der Waals surface area contributed by atoms with Crippen molar-refractivity contribution in [2.45, 2.75) is 19.5 Å². The Morgan fingerprint density at radius 2 is 1.74 bits per heavy atom.